The molecule has 0 saturated carbocycles. The number of benzene rings is 1. The lowest BCUT2D eigenvalue weighted by Gasteiger charge is -2.53. The molecule has 0 bridgehead atoms. The summed E-state index contributed by atoms with van der Waals surface area (Å²) in [4.78, 5) is 39.2. The Morgan fingerprint density at radius 1 is 1.02 bits per heavy atom. The van der Waals surface area contributed by atoms with Crippen LogP contribution < -0.4 is 0 Å². The van der Waals surface area contributed by atoms with Crippen LogP contribution in [0.1, 0.15) is 99.0 Å². The normalized spacial score (nSPS) is 22.6. The van der Waals surface area contributed by atoms with Crippen molar-refractivity contribution in [3.8, 4) is 0 Å². The number of carbonyl (C=O) groups excluding carboxylic acids is 2. The number of Topliss-reactive ketones (excluding diaryl/α,β-unsaturated/α-hetero) is 1. The second-order valence-corrected chi connectivity index (χ2v) is 13.1. The SMILES string of the molecule is CC(C)=CCC1CC2(CC=C(C)C)C(O)=C(C(=O)CC(C)C)C(=O)OC2=C(C(CC(=O)O)c2ccccc2)C1(C)C. The number of allylic oxidation sites excluding steroid dienone is 5. The molecule has 0 radical (unpaired) electrons. The quantitative estimate of drug-likeness (QED) is 0.160. The van der Waals surface area contributed by atoms with Gasteiger partial charge in [0.15, 0.2) is 5.78 Å². The van der Waals surface area contributed by atoms with Crippen LogP contribution in [0.4, 0.5) is 0 Å². The lowest BCUT2D eigenvalue weighted by molar-refractivity contribution is -0.143. The summed E-state index contributed by atoms with van der Waals surface area (Å²) >= 11 is 0. The fourth-order valence-corrected chi connectivity index (χ4v) is 6.35. The van der Waals surface area contributed by atoms with E-state index in [2.05, 4.69) is 19.9 Å². The van der Waals surface area contributed by atoms with Gasteiger partial charge in [-0.25, -0.2) is 4.79 Å². The van der Waals surface area contributed by atoms with E-state index in [1.807, 2.05) is 78.0 Å². The highest BCUT2D eigenvalue weighted by molar-refractivity contribution is 6.18. The predicted molar refractivity (Wildman–Crippen MR) is 161 cm³/mol. The zero-order valence-electron chi connectivity index (χ0n) is 25.8. The van der Waals surface area contributed by atoms with Crippen molar-refractivity contribution >= 4 is 17.7 Å². The number of fused-ring (bicyclic) bond motifs is 1. The topological polar surface area (TPSA) is 101 Å². The van der Waals surface area contributed by atoms with Crippen LogP contribution >= 0.6 is 0 Å². The van der Waals surface area contributed by atoms with Gasteiger partial charge >= 0.3 is 11.9 Å². The number of aliphatic hydroxyl groups is 1. The molecule has 1 aliphatic carbocycles. The molecule has 2 aliphatic rings. The first kappa shape index (κ1) is 32.1. The Balaban J connectivity index is 2.48. The minimum absolute atomic E-state index is 0.00874. The van der Waals surface area contributed by atoms with E-state index in [1.54, 1.807) is 0 Å². The summed E-state index contributed by atoms with van der Waals surface area (Å²) in [5, 5.41) is 22.1. The van der Waals surface area contributed by atoms with E-state index in [0.717, 1.165) is 16.7 Å². The minimum atomic E-state index is -1.18. The molecule has 1 aliphatic heterocycles. The molecule has 1 aromatic carbocycles. The Labute approximate surface area is 244 Å². The molecule has 0 amide bonds. The van der Waals surface area contributed by atoms with E-state index in [4.69, 9.17) is 4.74 Å². The molecule has 0 fully saturated rings. The van der Waals surface area contributed by atoms with Gasteiger partial charge in [-0.1, -0.05) is 81.3 Å². The van der Waals surface area contributed by atoms with Crippen molar-refractivity contribution in [2.45, 2.75) is 93.4 Å². The number of rotatable bonds is 11. The first-order valence-electron chi connectivity index (χ1n) is 14.6. The average molecular weight is 563 g/mol. The molecule has 3 unspecified atom stereocenters. The van der Waals surface area contributed by atoms with Gasteiger partial charge in [0.1, 0.15) is 17.1 Å². The fourth-order valence-electron chi connectivity index (χ4n) is 6.35. The molecule has 1 heterocycles. The Morgan fingerprint density at radius 3 is 2.17 bits per heavy atom. The fraction of sp³-hybridized carbons (Fsp3) is 0.514. The van der Waals surface area contributed by atoms with Crippen LogP contribution in [0.5, 0.6) is 0 Å². The summed E-state index contributed by atoms with van der Waals surface area (Å²) in [5.41, 5.74) is 1.63. The first-order chi connectivity index (χ1) is 19.1. The lowest BCUT2D eigenvalue weighted by Crippen LogP contribution is -2.48. The Hall–Kier alpha value is -3.41. The van der Waals surface area contributed by atoms with Crippen molar-refractivity contribution < 1.29 is 29.3 Å². The van der Waals surface area contributed by atoms with Crippen molar-refractivity contribution in [3.05, 3.63) is 81.9 Å². The maximum absolute atomic E-state index is 13.6. The summed E-state index contributed by atoms with van der Waals surface area (Å²) in [6, 6.07) is 9.41. The monoisotopic (exact) mass is 562 g/mol. The zero-order chi connectivity index (χ0) is 30.7. The van der Waals surface area contributed by atoms with Crippen LogP contribution in [0.25, 0.3) is 0 Å². The largest absolute Gasteiger partial charge is 0.510 e. The Morgan fingerprint density at radius 2 is 1.63 bits per heavy atom. The van der Waals surface area contributed by atoms with Gasteiger partial charge in [0.05, 0.1) is 11.8 Å². The number of hydrogen-bond donors (Lipinski definition) is 2. The molecule has 3 rings (SSSR count). The van der Waals surface area contributed by atoms with Gasteiger partial charge in [-0.15, -0.1) is 0 Å². The van der Waals surface area contributed by atoms with Crippen molar-refractivity contribution in [1.29, 1.82) is 0 Å². The molecule has 222 valence electrons. The van der Waals surface area contributed by atoms with Gasteiger partial charge in [0.25, 0.3) is 0 Å². The lowest BCUT2D eigenvalue weighted by atomic mass is 9.53. The maximum Gasteiger partial charge on any atom is 0.350 e. The number of carboxylic acids is 1. The summed E-state index contributed by atoms with van der Waals surface area (Å²) in [7, 11) is 0. The number of ether oxygens (including phenoxy) is 1. The van der Waals surface area contributed by atoms with Crippen molar-refractivity contribution in [2.75, 3.05) is 0 Å². The number of aliphatic hydroxyl groups excluding tert-OH is 1. The highest BCUT2D eigenvalue weighted by Crippen LogP contribution is 2.63. The smallest absolute Gasteiger partial charge is 0.350 e. The standard InChI is InChI=1S/C35H46O6/c1-21(2)14-15-25-20-35(17-16-22(3)4)31(39)29(27(36)18-23(5)6)33(40)41-32(35)30(34(25,7)8)26(19-28(37)38)24-12-10-9-11-13-24/h9-14,16,23,25-26,39H,15,17-20H2,1-8H3,(H,37,38). The van der Waals surface area contributed by atoms with Crippen LogP contribution in [0.2, 0.25) is 0 Å². The van der Waals surface area contributed by atoms with E-state index in [1.165, 1.54) is 0 Å². The molecule has 6 nitrogen and oxygen atoms in total. The maximum atomic E-state index is 13.6. The summed E-state index contributed by atoms with van der Waals surface area (Å²) < 4.78 is 6.18. The number of aliphatic carboxylic acids is 1. The molecule has 0 spiro atoms. The van der Waals surface area contributed by atoms with Crippen LogP contribution in [0, 0.1) is 22.7 Å². The molecule has 0 saturated heterocycles. The number of carbonyl (C=O) groups is 3. The minimum Gasteiger partial charge on any atom is -0.510 e. The molecule has 6 heteroatoms. The summed E-state index contributed by atoms with van der Waals surface area (Å²) in [6.45, 7) is 15.9. The van der Waals surface area contributed by atoms with Gasteiger partial charge in [0, 0.05) is 12.3 Å². The second kappa shape index (κ2) is 12.6. The molecule has 0 aromatic heterocycles. The van der Waals surface area contributed by atoms with Crippen LogP contribution in [0.15, 0.2) is 76.3 Å². The van der Waals surface area contributed by atoms with Gasteiger partial charge in [-0.2, -0.15) is 0 Å². The number of hydrogen-bond acceptors (Lipinski definition) is 5. The van der Waals surface area contributed by atoms with E-state index >= 15 is 0 Å². The van der Waals surface area contributed by atoms with Crippen molar-refractivity contribution in [2.24, 2.45) is 22.7 Å². The average Bonchev–Trinajstić information content (AvgIpc) is 2.86. The second-order valence-electron chi connectivity index (χ2n) is 13.1. The number of carboxylic acid groups (broad SMARTS) is 1. The third-order valence-corrected chi connectivity index (χ3v) is 8.55. The zero-order valence-corrected chi connectivity index (χ0v) is 25.8. The number of esters is 1. The van der Waals surface area contributed by atoms with E-state index in [9.17, 15) is 24.6 Å². The van der Waals surface area contributed by atoms with Gasteiger partial charge in [0.2, 0.25) is 0 Å². The Kier molecular flexibility index (Phi) is 9.89. The van der Waals surface area contributed by atoms with Gasteiger partial charge < -0.3 is 14.9 Å². The summed E-state index contributed by atoms with van der Waals surface area (Å²) in [6.07, 6.45) is 5.52. The predicted octanol–water partition coefficient (Wildman–Crippen LogP) is 8.23. The summed E-state index contributed by atoms with van der Waals surface area (Å²) in [5.74, 6) is -2.87. The van der Waals surface area contributed by atoms with Crippen molar-refractivity contribution in [3.63, 3.8) is 0 Å². The first-order valence-corrected chi connectivity index (χ1v) is 14.6. The Bertz CT molecular complexity index is 1300. The van der Waals surface area contributed by atoms with Crippen molar-refractivity contribution in [1.82, 2.24) is 0 Å². The van der Waals surface area contributed by atoms with Crippen LogP contribution in [0.3, 0.4) is 0 Å². The molecule has 1 aromatic rings. The highest BCUT2D eigenvalue weighted by Gasteiger charge is 2.58. The third-order valence-electron chi connectivity index (χ3n) is 8.55. The van der Waals surface area contributed by atoms with Crippen LogP contribution in [-0.4, -0.2) is 27.9 Å². The molecule has 2 N–H and O–H groups in total. The van der Waals surface area contributed by atoms with Gasteiger partial charge in [-0.3, -0.25) is 9.59 Å². The van der Waals surface area contributed by atoms with E-state index in [0.29, 0.717) is 30.6 Å². The molecule has 3 atom stereocenters. The number of ketones is 1. The molecular weight excluding hydrogens is 516 g/mol. The molecular formula is C35H46O6. The van der Waals surface area contributed by atoms with E-state index in [-0.39, 0.29) is 36.0 Å². The van der Waals surface area contributed by atoms with E-state index < -0.39 is 34.5 Å². The van der Waals surface area contributed by atoms with Gasteiger partial charge in [-0.05, 0) is 75.3 Å². The highest BCUT2D eigenvalue weighted by atomic mass is 16.5. The third kappa shape index (κ3) is 6.74. The molecule has 41 heavy (non-hydrogen) atoms. The van der Waals surface area contributed by atoms with Crippen LogP contribution in [-0.2, 0) is 19.1 Å².